The predicted octanol–water partition coefficient (Wildman–Crippen LogP) is 5.80. The lowest BCUT2D eigenvalue weighted by molar-refractivity contribution is 0.399. The predicted molar refractivity (Wildman–Crippen MR) is 117 cm³/mol. The van der Waals surface area contributed by atoms with E-state index in [2.05, 4.69) is 41.5 Å². The molecule has 0 amide bonds. The lowest BCUT2D eigenvalue weighted by Gasteiger charge is -1.98. The third-order valence-corrected chi connectivity index (χ3v) is 5.92. The molecular weight excluding hydrogens is 482 g/mol. The highest BCUT2D eigenvalue weighted by Crippen LogP contribution is 2.34. The van der Waals surface area contributed by atoms with E-state index in [0.717, 1.165) is 15.6 Å². The van der Waals surface area contributed by atoms with E-state index in [9.17, 15) is 0 Å². The highest BCUT2D eigenvalue weighted by molar-refractivity contribution is 9.10. The summed E-state index contributed by atoms with van der Waals surface area (Å²) in [4.78, 5) is 0. The summed E-state index contributed by atoms with van der Waals surface area (Å²) in [6, 6.07) is 17.4. The molecule has 0 saturated heterocycles. The van der Waals surface area contributed by atoms with Crippen LogP contribution in [0.25, 0.3) is 34.2 Å². The van der Waals surface area contributed by atoms with Crippen molar-refractivity contribution in [1.29, 1.82) is 0 Å². The molecule has 0 atom stereocenters. The topological polar surface area (TPSA) is 104 Å². The molecule has 0 bridgehead atoms. The maximum absolute atomic E-state index is 5.86. The summed E-state index contributed by atoms with van der Waals surface area (Å²) in [6.45, 7) is 1.81. The zero-order valence-corrected chi connectivity index (χ0v) is 18.6. The number of aryl methyl sites for hydroxylation is 1. The highest BCUT2D eigenvalue weighted by Gasteiger charge is 2.22. The number of rotatable bonds is 6. The van der Waals surface area contributed by atoms with E-state index in [1.165, 1.54) is 11.8 Å². The number of nitrogens with zero attached hydrogens (tertiary/aromatic N) is 5. The van der Waals surface area contributed by atoms with E-state index in [-0.39, 0.29) is 0 Å². The van der Waals surface area contributed by atoms with Gasteiger partial charge in [-0.05, 0) is 35.0 Å². The van der Waals surface area contributed by atoms with E-state index in [4.69, 9.17) is 13.4 Å². The molecule has 3 heterocycles. The average Bonchev–Trinajstić information content (AvgIpc) is 3.53. The fourth-order valence-electron chi connectivity index (χ4n) is 2.97. The second kappa shape index (κ2) is 8.48. The molecule has 10 heteroatoms. The summed E-state index contributed by atoms with van der Waals surface area (Å²) < 4.78 is 17.9. The van der Waals surface area contributed by atoms with Gasteiger partial charge in [0.1, 0.15) is 17.0 Å². The molecule has 2 aromatic carbocycles. The van der Waals surface area contributed by atoms with Crippen LogP contribution >= 0.6 is 27.7 Å². The van der Waals surface area contributed by atoms with Crippen LogP contribution in [0.15, 0.2) is 77.7 Å². The molecule has 0 aliphatic heterocycles. The van der Waals surface area contributed by atoms with Gasteiger partial charge in [0, 0.05) is 10.0 Å². The normalized spacial score (nSPS) is 11.2. The van der Waals surface area contributed by atoms with E-state index < -0.39 is 0 Å². The molecule has 0 spiro atoms. The van der Waals surface area contributed by atoms with Crippen molar-refractivity contribution in [3.05, 3.63) is 70.7 Å². The molecule has 0 aliphatic carbocycles. The molecule has 5 aromatic rings. The van der Waals surface area contributed by atoms with E-state index in [1.54, 1.807) is 0 Å². The van der Waals surface area contributed by atoms with Gasteiger partial charge < -0.3 is 13.4 Å². The number of hydrogen-bond acceptors (Lipinski definition) is 9. The molecular formula is C21H14BrN5O3S. The number of thioether (sulfide) groups is 1. The minimum absolute atomic E-state index is 0.354. The molecule has 0 N–H and O–H groups in total. The zero-order valence-electron chi connectivity index (χ0n) is 16.2. The standard InChI is InChI=1S/C21H14BrN5O3S/c1-12-17(18(27-30-12)13-7-3-2-4-8-13)20-25-23-16(28-20)11-31-21-26-24-19(29-21)14-9-5-6-10-15(14)22/h2-10H,11H2,1H3. The molecule has 8 nitrogen and oxygen atoms in total. The van der Waals surface area contributed by atoms with Gasteiger partial charge in [0.25, 0.3) is 11.1 Å². The Kier molecular flexibility index (Phi) is 5.39. The second-order valence-electron chi connectivity index (χ2n) is 6.47. The van der Waals surface area contributed by atoms with Crippen LogP contribution in [-0.4, -0.2) is 25.6 Å². The number of aromatic nitrogens is 5. The van der Waals surface area contributed by atoms with Gasteiger partial charge in [-0.3, -0.25) is 0 Å². The average molecular weight is 496 g/mol. The lowest BCUT2D eigenvalue weighted by atomic mass is 10.1. The number of halogens is 1. The van der Waals surface area contributed by atoms with Crippen molar-refractivity contribution >= 4 is 27.7 Å². The Morgan fingerprint density at radius 1 is 0.871 bits per heavy atom. The number of benzene rings is 2. The molecule has 154 valence electrons. The van der Waals surface area contributed by atoms with Gasteiger partial charge in [-0.25, -0.2) is 0 Å². The minimum atomic E-state index is 0.354. The first-order valence-corrected chi connectivity index (χ1v) is 11.0. The van der Waals surface area contributed by atoms with Crippen LogP contribution in [0.4, 0.5) is 0 Å². The molecule has 0 radical (unpaired) electrons. The van der Waals surface area contributed by atoms with E-state index in [0.29, 0.717) is 45.7 Å². The van der Waals surface area contributed by atoms with Crippen LogP contribution in [0.5, 0.6) is 0 Å². The Balaban J connectivity index is 1.33. The Labute approximate surface area is 189 Å². The van der Waals surface area contributed by atoms with Crippen LogP contribution in [-0.2, 0) is 5.75 Å². The fourth-order valence-corrected chi connectivity index (χ4v) is 4.02. The van der Waals surface area contributed by atoms with Gasteiger partial charge in [-0.1, -0.05) is 59.4 Å². The maximum atomic E-state index is 5.86. The third-order valence-electron chi connectivity index (χ3n) is 4.42. The van der Waals surface area contributed by atoms with Gasteiger partial charge in [-0.2, -0.15) is 0 Å². The van der Waals surface area contributed by atoms with Crippen molar-refractivity contribution in [3.63, 3.8) is 0 Å². The van der Waals surface area contributed by atoms with Crippen molar-refractivity contribution < 1.29 is 13.4 Å². The molecule has 0 saturated carbocycles. The van der Waals surface area contributed by atoms with Crippen LogP contribution in [0, 0.1) is 6.92 Å². The van der Waals surface area contributed by atoms with Gasteiger partial charge in [0.15, 0.2) is 0 Å². The van der Waals surface area contributed by atoms with E-state index >= 15 is 0 Å². The first kappa shape index (κ1) is 19.7. The van der Waals surface area contributed by atoms with Gasteiger partial charge in [0.05, 0.1) is 11.3 Å². The van der Waals surface area contributed by atoms with Gasteiger partial charge >= 0.3 is 0 Å². The summed E-state index contributed by atoms with van der Waals surface area (Å²) in [6.07, 6.45) is 0. The van der Waals surface area contributed by atoms with Crippen LogP contribution in [0.1, 0.15) is 11.7 Å². The zero-order chi connectivity index (χ0) is 21.2. The van der Waals surface area contributed by atoms with Crippen molar-refractivity contribution in [3.8, 4) is 34.2 Å². The first-order chi connectivity index (χ1) is 15.2. The monoisotopic (exact) mass is 495 g/mol. The summed E-state index contributed by atoms with van der Waals surface area (Å²) >= 11 is 4.81. The van der Waals surface area contributed by atoms with Crippen molar-refractivity contribution in [2.45, 2.75) is 17.9 Å². The van der Waals surface area contributed by atoms with Gasteiger partial charge in [0.2, 0.25) is 11.8 Å². The fraction of sp³-hybridized carbons (Fsp3) is 0.0952. The van der Waals surface area contributed by atoms with Crippen molar-refractivity contribution in [2.24, 2.45) is 0 Å². The highest BCUT2D eigenvalue weighted by atomic mass is 79.9. The summed E-state index contributed by atoms with van der Waals surface area (Å²) in [7, 11) is 0. The van der Waals surface area contributed by atoms with Gasteiger partial charge in [-0.15, -0.1) is 20.4 Å². The SMILES string of the molecule is Cc1onc(-c2ccccc2)c1-c1nnc(CSc2nnc(-c3ccccc3Br)o2)o1. The smallest absolute Gasteiger partial charge is 0.277 e. The maximum Gasteiger partial charge on any atom is 0.277 e. The van der Waals surface area contributed by atoms with Crippen LogP contribution < -0.4 is 0 Å². The second-order valence-corrected chi connectivity index (χ2v) is 8.25. The molecule has 3 aromatic heterocycles. The van der Waals surface area contributed by atoms with E-state index in [1.807, 2.05) is 61.5 Å². The van der Waals surface area contributed by atoms with Crippen molar-refractivity contribution in [2.75, 3.05) is 0 Å². The Morgan fingerprint density at radius 2 is 1.65 bits per heavy atom. The van der Waals surface area contributed by atoms with Crippen LogP contribution in [0.2, 0.25) is 0 Å². The molecule has 0 unspecified atom stereocenters. The summed E-state index contributed by atoms with van der Waals surface area (Å²) in [5.41, 5.74) is 3.09. The minimum Gasteiger partial charge on any atom is -0.420 e. The largest absolute Gasteiger partial charge is 0.420 e. The Hall–Kier alpha value is -3.24. The molecule has 0 aliphatic rings. The summed E-state index contributed by atoms with van der Waals surface area (Å²) in [5, 5.41) is 21.1. The van der Waals surface area contributed by atoms with Crippen molar-refractivity contribution in [1.82, 2.24) is 25.6 Å². The molecule has 31 heavy (non-hydrogen) atoms. The Bertz CT molecular complexity index is 1330. The first-order valence-electron chi connectivity index (χ1n) is 9.24. The molecule has 0 fully saturated rings. The Morgan fingerprint density at radius 3 is 2.48 bits per heavy atom. The quantitative estimate of drug-likeness (QED) is 0.270. The lowest BCUT2D eigenvalue weighted by Crippen LogP contribution is -1.84. The third kappa shape index (κ3) is 4.04. The summed E-state index contributed by atoms with van der Waals surface area (Å²) in [5.74, 6) is 2.22. The van der Waals surface area contributed by atoms with Crippen LogP contribution in [0.3, 0.4) is 0 Å². The molecule has 5 rings (SSSR count). The number of hydrogen-bond donors (Lipinski definition) is 0.